The van der Waals surface area contributed by atoms with E-state index in [-0.39, 0.29) is 5.41 Å². The maximum absolute atomic E-state index is 6.24. The molecule has 4 fully saturated rings. The standard InChI is InChI=1S/C64H46N2O/c1-2-10-40(11-3-1)41-18-24-60-53(33-41)54-35-43(42-19-25-59-52(34-42)50-13-5-8-16-58(50)65(59)46-22-27-63-55(36-46)51-14-6-9-17-62(51)67-63)20-26-61(54)66(60)47-21-23-49-48-12-4-7-15-56(48)64(57(49)37-47)44-29-38-28-39(31-44)32-45(64)30-38/h1-27,33-39,44-45H,28-32H2. The number of furan rings is 1. The van der Waals surface area contributed by atoms with E-state index in [0.717, 1.165) is 51.3 Å². The second-order valence-corrected chi connectivity index (χ2v) is 20.5. The van der Waals surface area contributed by atoms with Crippen LogP contribution in [-0.4, -0.2) is 9.13 Å². The first kappa shape index (κ1) is 36.6. The monoisotopic (exact) mass is 858 g/mol. The highest BCUT2D eigenvalue weighted by Gasteiger charge is 2.61. The predicted molar refractivity (Wildman–Crippen MR) is 277 cm³/mol. The van der Waals surface area contributed by atoms with E-state index in [2.05, 4.69) is 197 Å². The molecule has 5 aliphatic carbocycles. The summed E-state index contributed by atoms with van der Waals surface area (Å²) in [7, 11) is 0. The average Bonchev–Trinajstić information content (AvgIpc) is 4.10. The Kier molecular flexibility index (Phi) is 7.24. The topological polar surface area (TPSA) is 23.0 Å². The van der Waals surface area contributed by atoms with Gasteiger partial charge in [0.1, 0.15) is 11.2 Å². The Bertz CT molecular complexity index is 4040. The molecule has 3 aromatic heterocycles. The van der Waals surface area contributed by atoms with E-state index in [9.17, 15) is 0 Å². The zero-order valence-corrected chi connectivity index (χ0v) is 37.1. The summed E-state index contributed by atoms with van der Waals surface area (Å²) in [5, 5.41) is 7.33. The van der Waals surface area contributed by atoms with Gasteiger partial charge in [-0.3, -0.25) is 0 Å². The fraction of sp³-hybridized carbons (Fsp3) is 0.156. The van der Waals surface area contributed by atoms with Crippen LogP contribution >= 0.6 is 0 Å². The zero-order valence-electron chi connectivity index (χ0n) is 37.1. The lowest BCUT2D eigenvalue weighted by atomic mass is 9.43. The first-order valence-corrected chi connectivity index (χ1v) is 24.5. The lowest BCUT2D eigenvalue weighted by molar-refractivity contribution is -0.0399. The smallest absolute Gasteiger partial charge is 0.135 e. The number of rotatable bonds is 4. The zero-order chi connectivity index (χ0) is 43.5. The largest absolute Gasteiger partial charge is 0.456 e. The van der Waals surface area contributed by atoms with Crippen LogP contribution < -0.4 is 0 Å². The van der Waals surface area contributed by atoms with Gasteiger partial charge in [-0.15, -0.1) is 0 Å². The molecule has 9 aromatic carbocycles. The number of fused-ring (bicyclic) bond motifs is 12. The minimum atomic E-state index is 0.115. The lowest BCUT2D eigenvalue weighted by Crippen LogP contribution is -2.55. The van der Waals surface area contributed by atoms with Crippen LogP contribution in [0.3, 0.4) is 0 Å². The van der Waals surface area contributed by atoms with E-state index < -0.39 is 0 Å². The van der Waals surface area contributed by atoms with Gasteiger partial charge in [-0.25, -0.2) is 0 Å². The molecule has 17 rings (SSSR count). The van der Waals surface area contributed by atoms with Crippen molar-refractivity contribution < 1.29 is 4.42 Å². The van der Waals surface area contributed by atoms with Gasteiger partial charge in [-0.1, -0.05) is 115 Å². The van der Waals surface area contributed by atoms with Gasteiger partial charge in [0.05, 0.1) is 22.1 Å². The Labute approximate surface area is 388 Å². The maximum atomic E-state index is 6.24. The van der Waals surface area contributed by atoms with E-state index in [1.54, 1.807) is 11.1 Å². The molecule has 0 amide bonds. The first-order chi connectivity index (χ1) is 33.2. The van der Waals surface area contributed by atoms with Crippen LogP contribution in [0.4, 0.5) is 0 Å². The molecule has 67 heavy (non-hydrogen) atoms. The Balaban J connectivity index is 0.882. The van der Waals surface area contributed by atoms with Crippen LogP contribution in [0.2, 0.25) is 0 Å². The molecule has 3 heterocycles. The molecule has 0 saturated heterocycles. The minimum absolute atomic E-state index is 0.115. The molecule has 12 aromatic rings. The Hall–Kier alpha value is -7.62. The van der Waals surface area contributed by atoms with Gasteiger partial charge < -0.3 is 13.6 Å². The van der Waals surface area contributed by atoms with Crippen LogP contribution in [0.25, 0.3) is 110 Å². The van der Waals surface area contributed by atoms with Crippen molar-refractivity contribution in [3.05, 3.63) is 205 Å². The highest BCUT2D eigenvalue weighted by atomic mass is 16.3. The van der Waals surface area contributed by atoms with Crippen molar-refractivity contribution in [1.82, 2.24) is 9.13 Å². The van der Waals surface area contributed by atoms with Crippen molar-refractivity contribution in [2.75, 3.05) is 0 Å². The van der Waals surface area contributed by atoms with Crippen LogP contribution in [0.15, 0.2) is 199 Å². The molecule has 5 aliphatic rings. The Morgan fingerprint density at radius 1 is 0.343 bits per heavy atom. The summed E-state index contributed by atoms with van der Waals surface area (Å²) >= 11 is 0. The lowest BCUT2D eigenvalue weighted by Gasteiger charge is -2.61. The third kappa shape index (κ3) is 4.91. The predicted octanol–water partition coefficient (Wildman–Crippen LogP) is 16.8. The number of benzene rings is 9. The van der Waals surface area contributed by atoms with Crippen LogP contribution in [-0.2, 0) is 5.41 Å². The first-order valence-electron chi connectivity index (χ1n) is 24.5. The van der Waals surface area contributed by atoms with Gasteiger partial charge in [0.15, 0.2) is 0 Å². The van der Waals surface area contributed by atoms with Crippen molar-refractivity contribution in [3.63, 3.8) is 0 Å². The second kappa shape index (κ2) is 13.3. The van der Waals surface area contributed by atoms with Crippen molar-refractivity contribution in [1.29, 1.82) is 0 Å². The van der Waals surface area contributed by atoms with E-state index in [1.165, 1.54) is 115 Å². The molecule has 4 bridgehead atoms. The fourth-order valence-corrected chi connectivity index (χ4v) is 14.9. The van der Waals surface area contributed by atoms with Gasteiger partial charge in [-0.05, 0) is 179 Å². The number of hydrogen-bond donors (Lipinski definition) is 0. The van der Waals surface area contributed by atoms with Crippen molar-refractivity contribution in [3.8, 4) is 44.8 Å². The highest BCUT2D eigenvalue weighted by Crippen LogP contribution is 2.69. The number of para-hydroxylation sites is 2. The number of hydrogen-bond acceptors (Lipinski definition) is 1. The van der Waals surface area contributed by atoms with Gasteiger partial charge in [0.2, 0.25) is 0 Å². The highest BCUT2D eigenvalue weighted by molar-refractivity contribution is 6.14. The van der Waals surface area contributed by atoms with E-state index in [4.69, 9.17) is 4.42 Å². The summed E-state index contributed by atoms with van der Waals surface area (Å²) in [5.41, 5.74) is 20.3. The summed E-state index contributed by atoms with van der Waals surface area (Å²) in [4.78, 5) is 0. The Morgan fingerprint density at radius 3 is 1.58 bits per heavy atom. The van der Waals surface area contributed by atoms with Gasteiger partial charge in [0.25, 0.3) is 0 Å². The van der Waals surface area contributed by atoms with Gasteiger partial charge >= 0.3 is 0 Å². The molecule has 318 valence electrons. The second-order valence-electron chi connectivity index (χ2n) is 20.5. The summed E-state index contributed by atoms with van der Waals surface area (Å²) in [6.45, 7) is 0. The quantitative estimate of drug-likeness (QED) is 0.173. The SMILES string of the molecule is c1ccc(-c2ccc3c(c2)c2cc(-c4ccc5c(c4)c4ccccc4n5-c4ccc5oc6ccccc6c5c4)ccc2n3-c2ccc3c(c2)C2(c4ccccc4-3)C3CC4CC(C3)CC2C4)cc1. The van der Waals surface area contributed by atoms with Crippen molar-refractivity contribution in [2.24, 2.45) is 23.7 Å². The molecule has 1 spiro atoms. The third-order valence-electron chi connectivity index (χ3n) is 17.3. The molecule has 4 saturated carbocycles. The summed E-state index contributed by atoms with van der Waals surface area (Å²) in [6.07, 6.45) is 7.00. The normalized spacial score (nSPS) is 21.5. The fourth-order valence-electron chi connectivity index (χ4n) is 14.9. The number of aromatic nitrogens is 2. The Morgan fingerprint density at radius 2 is 0.866 bits per heavy atom. The molecule has 3 heteroatoms. The van der Waals surface area contributed by atoms with Gasteiger partial charge in [0, 0.05) is 49.1 Å². The molecule has 0 N–H and O–H groups in total. The molecular formula is C64H46N2O. The molecule has 0 unspecified atom stereocenters. The summed E-state index contributed by atoms with van der Waals surface area (Å²) in [6, 6.07) is 73.1. The van der Waals surface area contributed by atoms with Gasteiger partial charge in [-0.2, -0.15) is 0 Å². The van der Waals surface area contributed by atoms with E-state index >= 15 is 0 Å². The van der Waals surface area contributed by atoms with Crippen molar-refractivity contribution in [2.45, 2.75) is 37.5 Å². The maximum Gasteiger partial charge on any atom is 0.135 e. The van der Waals surface area contributed by atoms with Crippen LogP contribution in [0.5, 0.6) is 0 Å². The molecule has 0 aliphatic heterocycles. The molecule has 0 atom stereocenters. The number of nitrogens with zero attached hydrogens (tertiary/aromatic N) is 2. The van der Waals surface area contributed by atoms with Crippen LogP contribution in [0.1, 0.15) is 43.2 Å². The average molecular weight is 859 g/mol. The summed E-state index contributed by atoms with van der Waals surface area (Å²) < 4.78 is 11.2. The summed E-state index contributed by atoms with van der Waals surface area (Å²) in [5.74, 6) is 3.27. The molecular weight excluding hydrogens is 813 g/mol. The van der Waals surface area contributed by atoms with E-state index in [1.807, 2.05) is 6.07 Å². The molecule has 3 nitrogen and oxygen atoms in total. The van der Waals surface area contributed by atoms with Crippen molar-refractivity contribution >= 4 is 65.6 Å². The third-order valence-corrected chi connectivity index (χ3v) is 17.3. The van der Waals surface area contributed by atoms with E-state index in [0.29, 0.717) is 0 Å². The molecule has 0 radical (unpaired) electrons. The minimum Gasteiger partial charge on any atom is -0.456 e. The van der Waals surface area contributed by atoms with Crippen LogP contribution in [0, 0.1) is 23.7 Å².